The Morgan fingerprint density at radius 1 is 1.29 bits per heavy atom. The van der Waals surface area contributed by atoms with Crippen LogP contribution in [0, 0.1) is 13.8 Å². The summed E-state index contributed by atoms with van der Waals surface area (Å²) in [6.07, 6.45) is 0.633. The number of aromatic nitrogens is 2. The number of hydrogen-bond donors (Lipinski definition) is 1. The van der Waals surface area contributed by atoms with Crippen LogP contribution in [0.3, 0.4) is 0 Å². The normalized spacial score (nSPS) is 11.0. The third-order valence-corrected chi connectivity index (χ3v) is 5.74. The van der Waals surface area contributed by atoms with Crippen molar-refractivity contribution >= 4 is 33.4 Å². The molecular formula is C20H21N3O4S. The smallest absolute Gasteiger partial charge is 0.305 e. The molecule has 0 radical (unpaired) electrons. The van der Waals surface area contributed by atoms with Crippen molar-refractivity contribution in [1.82, 2.24) is 9.55 Å². The number of thiophene rings is 1. The second-order valence-corrected chi connectivity index (χ2v) is 7.54. The lowest BCUT2D eigenvalue weighted by Crippen LogP contribution is -2.24. The first kappa shape index (κ1) is 19.8. The number of benzene rings is 1. The molecule has 0 aliphatic heterocycles. The molecule has 3 rings (SSSR count). The Kier molecular flexibility index (Phi) is 5.60. The van der Waals surface area contributed by atoms with Gasteiger partial charge in [-0.3, -0.25) is 19.0 Å². The standard InChI is InChI=1S/C20H21N3O4S/c1-11-6-4-7-13(10-11)18-22-19-15(12(2)16(28-19)17(21)25)20(26)23(18)9-5-8-14(24)27-3/h4,6-7,10H,5,8-9H2,1-3H3,(H2,21,25). The fourth-order valence-corrected chi connectivity index (χ4v) is 4.17. The number of aryl methyl sites for hydroxylation is 2. The van der Waals surface area contributed by atoms with Crippen LogP contribution in [0.4, 0.5) is 0 Å². The Hall–Kier alpha value is -3.00. The number of nitrogens with two attached hydrogens (primary N) is 1. The van der Waals surface area contributed by atoms with Crippen molar-refractivity contribution in [2.24, 2.45) is 5.73 Å². The molecule has 2 N–H and O–H groups in total. The number of esters is 1. The molecule has 0 unspecified atom stereocenters. The van der Waals surface area contributed by atoms with Crippen molar-refractivity contribution < 1.29 is 14.3 Å². The van der Waals surface area contributed by atoms with Gasteiger partial charge in [0.25, 0.3) is 11.5 Å². The fourth-order valence-electron chi connectivity index (χ4n) is 3.15. The van der Waals surface area contributed by atoms with E-state index in [1.54, 1.807) is 11.5 Å². The largest absolute Gasteiger partial charge is 0.469 e. The minimum Gasteiger partial charge on any atom is -0.469 e. The Morgan fingerprint density at radius 3 is 2.68 bits per heavy atom. The van der Waals surface area contributed by atoms with E-state index in [2.05, 4.69) is 9.72 Å². The van der Waals surface area contributed by atoms with Gasteiger partial charge in [0.15, 0.2) is 0 Å². The van der Waals surface area contributed by atoms with Crippen LogP contribution in [0.5, 0.6) is 0 Å². The van der Waals surface area contributed by atoms with E-state index in [0.717, 1.165) is 22.5 Å². The summed E-state index contributed by atoms with van der Waals surface area (Å²) >= 11 is 1.13. The molecule has 0 atom stereocenters. The Balaban J connectivity index is 2.20. The summed E-state index contributed by atoms with van der Waals surface area (Å²) in [7, 11) is 1.33. The van der Waals surface area contributed by atoms with E-state index in [9.17, 15) is 14.4 Å². The lowest BCUT2D eigenvalue weighted by atomic mass is 10.1. The molecule has 0 aliphatic rings. The molecule has 1 amide bonds. The topological polar surface area (TPSA) is 104 Å². The van der Waals surface area contributed by atoms with Gasteiger partial charge in [-0.2, -0.15) is 0 Å². The number of hydrogen-bond acceptors (Lipinski definition) is 6. The van der Waals surface area contributed by atoms with Crippen LogP contribution in [-0.4, -0.2) is 28.5 Å². The molecule has 0 saturated heterocycles. The zero-order valence-corrected chi connectivity index (χ0v) is 16.8. The lowest BCUT2D eigenvalue weighted by Gasteiger charge is -2.13. The van der Waals surface area contributed by atoms with Gasteiger partial charge in [0.05, 0.1) is 17.4 Å². The number of carbonyl (C=O) groups excluding carboxylic acids is 2. The van der Waals surface area contributed by atoms with Crippen LogP contribution >= 0.6 is 11.3 Å². The Labute approximate surface area is 165 Å². The van der Waals surface area contributed by atoms with E-state index in [1.807, 2.05) is 31.2 Å². The van der Waals surface area contributed by atoms with Crippen LogP contribution in [0.15, 0.2) is 29.1 Å². The van der Waals surface area contributed by atoms with Crippen LogP contribution < -0.4 is 11.3 Å². The van der Waals surface area contributed by atoms with Gasteiger partial charge in [-0.25, -0.2) is 4.98 Å². The maximum Gasteiger partial charge on any atom is 0.305 e. The highest BCUT2D eigenvalue weighted by atomic mass is 32.1. The van der Waals surface area contributed by atoms with Gasteiger partial charge in [-0.15, -0.1) is 11.3 Å². The first-order chi connectivity index (χ1) is 13.3. The van der Waals surface area contributed by atoms with Gasteiger partial charge in [0.2, 0.25) is 0 Å². The van der Waals surface area contributed by atoms with Crippen molar-refractivity contribution in [1.29, 1.82) is 0 Å². The van der Waals surface area contributed by atoms with E-state index in [0.29, 0.717) is 39.4 Å². The molecule has 146 valence electrons. The maximum absolute atomic E-state index is 13.3. The molecule has 2 aromatic heterocycles. The summed E-state index contributed by atoms with van der Waals surface area (Å²) in [6.45, 7) is 3.97. The first-order valence-electron chi connectivity index (χ1n) is 8.81. The molecule has 1 aromatic carbocycles. The molecular weight excluding hydrogens is 378 g/mol. The highest BCUT2D eigenvalue weighted by Crippen LogP contribution is 2.29. The second-order valence-electron chi connectivity index (χ2n) is 6.54. The average Bonchev–Trinajstić information content (AvgIpc) is 3.00. The molecule has 0 spiro atoms. The van der Waals surface area contributed by atoms with Crippen molar-refractivity contribution in [3.63, 3.8) is 0 Å². The molecule has 8 heteroatoms. The van der Waals surface area contributed by atoms with E-state index < -0.39 is 5.91 Å². The SMILES string of the molecule is COC(=O)CCCn1c(-c2cccc(C)c2)nc2sc(C(N)=O)c(C)c2c1=O. The lowest BCUT2D eigenvalue weighted by molar-refractivity contribution is -0.140. The summed E-state index contributed by atoms with van der Waals surface area (Å²) in [5.74, 6) is -0.403. The fraction of sp³-hybridized carbons (Fsp3) is 0.300. The van der Waals surface area contributed by atoms with Crippen LogP contribution in [-0.2, 0) is 16.1 Å². The van der Waals surface area contributed by atoms with Crippen molar-refractivity contribution in [3.8, 4) is 11.4 Å². The van der Waals surface area contributed by atoms with Crippen LogP contribution in [0.2, 0.25) is 0 Å². The summed E-state index contributed by atoms with van der Waals surface area (Å²) in [5, 5.41) is 0.397. The number of amides is 1. The maximum atomic E-state index is 13.3. The third-order valence-electron chi connectivity index (χ3n) is 4.54. The van der Waals surface area contributed by atoms with Gasteiger partial charge >= 0.3 is 5.97 Å². The molecule has 28 heavy (non-hydrogen) atoms. The zero-order valence-electron chi connectivity index (χ0n) is 15.9. The number of methoxy groups -OCH3 is 1. The van der Waals surface area contributed by atoms with Gasteiger partial charge in [0, 0.05) is 18.5 Å². The number of carbonyl (C=O) groups is 2. The van der Waals surface area contributed by atoms with Crippen LogP contribution in [0.1, 0.15) is 33.6 Å². The predicted octanol–water partition coefficient (Wildman–Crippen LogP) is 2.79. The van der Waals surface area contributed by atoms with Crippen molar-refractivity contribution in [2.45, 2.75) is 33.2 Å². The van der Waals surface area contributed by atoms with Gasteiger partial charge in [0.1, 0.15) is 10.7 Å². The number of nitrogens with zero attached hydrogens (tertiary/aromatic N) is 2. The number of fused-ring (bicyclic) bond motifs is 1. The molecule has 0 saturated carbocycles. The molecule has 0 bridgehead atoms. The van der Waals surface area contributed by atoms with Gasteiger partial charge in [-0.05, 0) is 31.9 Å². The quantitative estimate of drug-likeness (QED) is 0.642. The molecule has 0 aliphatic carbocycles. The Bertz CT molecular complexity index is 1130. The van der Waals surface area contributed by atoms with Crippen molar-refractivity contribution in [2.75, 3.05) is 7.11 Å². The highest BCUT2D eigenvalue weighted by molar-refractivity contribution is 7.20. The summed E-state index contributed by atoms with van der Waals surface area (Å²) < 4.78 is 6.24. The van der Waals surface area contributed by atoms with Crippen LogP contribution in [0.25, 0.3) is 21.6 Å². The molecule has 7 nitrogen and oxygen atoms in total. The second kappa shape index (κ2) is 7.93. The number of ether oxygens (including phenoxy) is 1. The minimum absolute atomic E-state index is 0.198. The average molecular weight is 399 g/mol. The minimum atomic E-state index is -0.575. The third kappa shape index (κ3) is 3.68. The van der Waals surface area contributed by atoms with E-state index in [-0.39, 0.29) is 17.9 Å². The summed E-state index contributed by atoms with van der Waals surface area (Å²) in [5.41, 5.74) is 7.58. The van der Waals surface area contributed by atoms with Gasteiger partial charge in [-0.1, -0.05) is 23.8 Å². The molecule has 2 heterocycles. The zero-order chi connectivity index (χ0) is 20.4. The summed E-state index contributed by atoms with van der Waals surface area (Å²) in [6, 6.07) is 7.68. The van der Waals surface area contributed by atoms with E-state index >= 15 is 0 Å². The van der Waals surface area contributed by atoms with Gasteiger partial charge < -0.3 is 10.5 Å². The highest BCUT2D eigenvalue weighted by Gasteiger charge is 2.21. The number of primary amides is 1. The van der Waals surface area contributed by atoms with E-state index in [4.69, 9.17) is 5.73 Å². The van der Waals surface area contributed by atoms with Crippen molar-refractivity contribution in [3.05, 3.63) is 50.6 Å². The Morgan fingerprint density at radius 2 is 2.04 bits per heavy atom. The van der Waals surface area contributed by atoms with E-state index in [1.165, 1.54) is 7.11 Å². The first-order valence-corrected chi connectivity index (χ1v) is 9.62. The predicted molar refractivity (Wildman–Crippen MR) is 109 cm³/mol. The molecule has 3 aromatic rings. The molecule has 0 fully saturated rings. The summed E-state index contributed by atoms with van der Waals surface area (Å²) in [4.78, 5) is 41.9. The number of rotatable bonds is 6. The monoisotopic (exact) mass is 399 g/mol.